The maximum Gasteiger partial charge on any atom is 0.355 e. The first-order valence-corrected chi connectivity index (χ1v) is 8.63. The van der Waals surface area contributed by atoms with Crippen LogP contribution in [0.4, 0.5) is 0 Å². The van der Waals surface area contributed by atoms with Gasteiger partial charge in [-0.25, -0.2) is 4.79 Å². The van der Waals surface area contributed by atoms with Gasteiger partial charge in [-0.1, -0.05) is 35.5 Å². The zero-order valence-electron chi connectivity index (χ0n) is 13.8. The molecular formula is C18H15N3O4S. The first-order valence-electron chi connectivity index (χ1n) is 7.68. The van der Waals surface area contributed by atoms with Gasteiger partial charge in [-0.2, -0.15) is 16.3 Å². The summed E-state index contributed by atoms with van der Waals surface area (Å²) in [4.78, 5) is 27.8. The molecule has 3 rings (SSSR count). The zero-order valence-corrected chi connectivity index (χ0v) is 14.7. The Morgan fingerprint density at radius 2 is 2.08 bits per heavy atom. The molecule has 8 heteroatoms. The molecule has 1 amide bonds. The lowest BCUT2D eigenvalue weighted by molar-refractivity contribution is -0.142. The molecule has 132 valence electrons. The highest BCUT2D eigenvalue weighted by atomic mass is 32.1. The second-order valence-corrected chi connectivity index (χ2v) is 6.03. The number of amides is 1. The average molecular weight is 369 g/mol. The van der Waals surface area contributed by atoms with E-state index in [1.165, 1.54) is 24.3 Å². The van der Waals surface area contributed by atoms with Gasteiger partial charge in [0.25, 0.3) is 5.89 Å². The lowest BCUT2D eigenvalue weighted by Gasteiger charge is -2.07. The van der Waals surface area contributed by atoms with Gasteiger partial charge in [-0.05, 0) is 23.1 Å². The van der Waals surface area contributed by atoms with Crippen LogP contribution in [0.5, 0.6) is 0 Å². The highest BCUT2D eigenvalue weighted by molar-refractivity contribution is 7.08. The Hall–Kier alpha value is -3.26. The first kappa shape index (κ1) is 17.6. The van der Waals surface area contributed by atoms with Crippen LogP contribution in [0.25, 0.3) is 17.5 Å². The van der Waals surface area contributed by atoms with Crippen LogP contribution in [0.15, 0.2) is 57.4 Å². The number of carbonyl (C=O) groups excluding carboxylic acids is 2. The molecule has 0 saturated heterocycles. The lowest BCUT2D eigenvalue weighted by atomic mass is 10.2. The molecule has 0 fully saturated rings. The van der Waals surface area contributed by atoms with Crippen molar-refractivity contribution in [2.24, 2.45) is 0 Å². The molecule has 0 aliphatic heterocycles. The standard InChI is InChI=1S/C18H15N3O4S/c1-12(22)19-15(9-13-5-3-2-4-6-13)18(23)24-10-16-20-17(21-25-16)14-7-8-26-11-14/h2-9,11H,10H2,1H3,(H,19,22)/b15-9-. The summed E-state index contributed by atoms with van der Waals surface area (Å²) in [5.74, 6) is -0.471. The van der Waals surface area contributed by atoms with Crippen molar-refractivity contribution in [2.45, 2.75) is 13.5 Å². The molecule has 0 spiro atoms. The number of aromatic nitrogens is 2. The third-order valence-corrected chi connectivity index (χ3v) is 3.90. The number of benzene rings is 1. The number of rotatable bonds is 6. The Balaban J connectivity index is 1.68. The minimum absolute atomic E-state index is 0.0290. The largest absolute Gasteiger partial charge is 0.451 e. The van der Waals surface area contributed by atoms with E-state index in [2.05, 4.69) is 15.5 Å². The van der Waals surface area contributed by atoms with Crippen LogP contribution in [0.2, 0.25) is 0 Å². The number of ether oxygens (including phenoxy) is 1. The zero-order chi connectivity index (χ0) is 18.4. The van der Waals surface area contributed by atoms with E-state index in [4.69, 9.17) is 9.26 Å². The van der Waals surface area contributed by atoms with E-state index in [0.29, 0.717) is 5.82 Å². The topological polar surface area (TPSA) is 94.3 Å². The van der Waals surface area contributed by atoms with E-state index in [-0.39, 0.29) is 24.1 Å². The average Bonchev–Trinajstić information content (AvgIpc) is 3.31. The summed E-state index contributed by atoms with van der Waals surface area (Å²) in [5, 5.41) is 10.1. The van der Waals surface area contributed by atoms with E-state index in [0.717, 1.165) is 11.1 Å². The van der Waals surface area contributed by atoms with Crippen molar-refractivity contribution in [2.75, 3.05) is 0 Å². The number of hydrogen-bond donors (Lipinski definition) is 1. The summed E-state index contributed by atoms with van der Waals surface area (Å²) in [6.45, 7) is 1.12. The van der Waals surface area contributed by atoms with Crippen molar-refractivity contribution in [3.8, 4) is 11.4 Å². The fourth-order valence-electron chi connectivity index (χ4n) is 2.08. The molecule has 0 aliphatic rings. The van der Waals surface area contributed by atoms with Crippen LogP contribution in [0, 0.1) is 0 Å². The number of nitrogens with zero attached hydrogens (tertiary/aromatic N) is 2. The van der Waals surface area contributed by atoms with E-state index in [9.17, 15) is 9.59 Å². The van der Waals surface area contributed by atoms with Crippen LogP contribution in [-0.4, -0.2) is 22.0 Å². The fourth-order valence-corrected chi connectivity index (χ4v) is 2.71. The molecule has 0 saturated carbocycles. The predicted octanol–water partition coefficient (Wildman–Crippen LogP) is 3.02. The minimum atomic E-state index is -0.695. The Labute approximate surface area is 153 Å². The molecule has 0 bridgehead atoms. The number of carbonyl (C=O) groups is 2. The maximum atomic E-state index is 12.3. The highest BCUT2D eigenvalue weighted by Gasteiger charge is 2.16. The van der Waals surface area contributed by atoms with Crippen molar-refractivity contribution in [1.29, 1.82) is 0 Å². The van der Waals surface area contributed by atoms with E-state index in [1.54, 1.807) is 12.1 Å². The third-order valence-electron chi connectivity index (χ3n) is 3.22. The molecule has 0 atom stereocenters. The molecule has 7 nitrogen and oxygen atoms in total. The molecule has 2 aromatic heterocycles. The van der Waals surface area contributed by atoms with Gasteiger partial charge < -0.3 is 14.6 Å². The third kappa shape index (κ3) is 4.64. The van der Waals surface area contributed by atoms with E-state index >= 15 is 0 Å². The van der Waals surface area contributed by atoms with Gasteiger partial charge in [-0.3, -0.25) is 4.79 Å². The molecule has 1 N–H and O–H groups in total. The van der Waals surface area contributed by atoms with Crippen molar-refractivity contribution in [3.05, 3.63) is 64.3 Å². The molecule has 0 aliphatic carbocycles. The summed E-state index contributed by atoms with van der Waals surface area (Å²) in [5.41, 5.74) is 1.62. The van der Waals surface area contributed by atoms with Gasteiger partial charge in [0.05, 0.1) is 0 Å². The number of esters is 1. The van der Waals surface area contributed by atoms with Gasteiger partial charge >= 0.3 is 5.97 Å². The van der Waals surface area contributed by atoms with Crippen molar-refractivity contribution < 1.29 is 18.8 Å². The van der Waals surface area contributed by atoms with Crippen LogP contribution in [-0.2, 0) is 20.9 Å². The first-order chi connectivity index (χ1) is 12.6. The molecule has 26 heavy (non-hydrogen) atoms. The van der Waals surface area contributed by atoms with Crippen LogP contribution in [0.3, 0.4) is 0 Å². The normalized spacial score (nSPS) is 11.2. The molecule has 0 radical (unpaired) electrons. The Morgan fingerprint density at radius 1 is 1.27 bits per heavy atom. The molecule has 1 aromatic carbocycles. The van der Waals surface area contributed by atoms with Crippen molar-refractivity contribution in [3.63, 3.8) is 0 Å². The lowest BCUT2D eigenvalue weighted by Crippen LogP contribution is -2.26. The molecule has 3 aromatic rings. The quantitative estimate of drug-likeness (QED) is 0.530. The summed E-state index contributed by atoms with van der Waals surface area (Å²) >= 11 is 1.52. The SMILES string of the molecule is CC(=O)N/C(=C\c1ccccc1)C(=O)OCc1nc(-c2ccsc2)no1. The summed E-state index contributed by atoms with van der Waals surface area (Å²) in [7, 11) is 0. The van der Waals surface area contributed by atoms with Gasteiger partial charge in [-0.15, -0.1) is 0 Å². The Morgan fingerprint density at radius 3 is 2.77 bits per heavy atom. The maximum absolute atomic E-state index is 12.3. The van der Waals surface area contributed by atoms with Gasteiger partial charge in [0, 0.05) is 17.9 Å². The smallest absolute Gasteiger partial charge is 0.355 e. The second kappa shape index (κ2) is 8.21. The summed E-state index contributed by atoms with van der Waals surface area (Å²) in [6.07, 6.45) is 1.54. The van der Waals surface area contributed by atoms with Crippen LogP contribution < -0.4 is 5.32 Å². The van der Waals surface area contributed by atoms with Crippen molar-refractivity contribution in [1.82, 2.24) is 15.5 Å². The Kier molecular flexibility index (Phi) is 5.55. The van der Waals surface area contributed by atoms with Gasteiger partial charge in [0.15, 0.2) is 6.61 Å². The highest BCUT2D eigenvalue weighted by Crippen LogP contribution is 2.19. The molecular weight excluding hydrogens is 354 g/mol. The second-order valence-electron chi connectivity index (χ2n) is 5.25. The van der Waals surface area contributed by atoms with E-state index < -0.39 is 5.97 Å². The van der Waals surface area contributed by atoms with E-state index in [1.807, 2.05) is 35.0 Å². The summed E-state index contributed by atoms with van der Waals surface area (Å²) < 4.78 is 10.3. The van der Waals surface area contributed by atoms with Crippen LogP contribution >= 0.6 is 11.3 Å². The van der Waals surface area contributed by atoms with Crippen molar-refractivity contribution >= 4 is 29.3 Å². The number of hydrogen-bond acceptors (Lipinski definition) is 7. The number of thiophene rings is 1. The summed E-state index contributed by atoms with van der Waals surface area (Å²) in [6, 6.07) is 11.0. The van der Waals surface area contributed by atoms with Crippen LogP contribution in [0.1, 0.15) is 18.4 Å². The molecule has 2 heterocycles. The molecule has 0 unspecified atom stereocenters. The Bertz CT molecular complexity index is 917. The minimum Gasteiger partial charge on any atom is -0.451 e. The fraction of sp³-hybridized carbons (Fsp3) is 0.111. The number of nitrogens with one attached hydrogen (secondary N) is 1. The predicted molar refractivity (Wildman–Crippen MR) is 95.6 cm³/mol. The monoisotopic (exact) mass is 369 g/mol. The van der Waals surface area contributed by atoms with Gasteiger partial charge in [0.1, 0.15) is 5.70 Å². The van der Waals surface area contributed by atoms with Gasteiger partial charge in [0.2, 0.25) is 11.7 Å².